The van der Waals surface area contributed by atoms with Crippen molar-refractivity contribution in [2.45, 2.75) is 112 Å². The van der Waals surface area contributed by atoms with Crippen LogP contribution >= 0.6 is 0 Å². The van der Waals surface area contributed by atoms with Crippen molar-refractivity contribution < 1.29 is 19.1 Å². The smallest absolute Gasteiger partial charge is 0.408 e. The average Bonchev–Trinajstić information content (AvgIpc) is 2.75. The number of hydrogen-bond acceptors (Lipinski definition) is 4. The minimum absolute atomic E-state index is 0.153. The molecule has 2 atom stereocenters. The zero-order valence-electron chi connectivity index (χ0n) is 24.0. The summed E-state index contributed by atoms with van der Waals surface area (Å²) in [4.78, 5) is 42.0. The molecular weight excluding hydrogens is 454 g/mol. The minimum Gasteiger partial charge on any atom is -0.444 e. The van der Waals surface area contributed by atoms with Gasteiger partial charge in [-0.3, -0.25) is 9.59 Å². The lowest BCUT2D eigenvalue weighted by Gasteiger charge is -2.35. The summed E-state index contributed by atoms with van der Waals surface area (Å²) in [5.74, 6) is -0.307. The van der Waals surface area contributed by atoms with E-state index in [2.05, 4.69) is 24.5 Å². The molecule has 0 spiro atoms. The number of nitrogens with zero attached hydrogens (tertiary/aromatic N) is 1. The van der Waals surface area contributed by atoms with Gasteiger partial charge in [-0.15, -0.1) is 0 Å². The second kappa shape index (κ2) is 14.9. The van der Waals surface area contributed by atoms with Gasteiger partial charge in [0.2, 0.25) is 11.8 Å². The predicted molar refractivity (Wildman–Crippen MR) is 146 cm³/mol. The van der Waals surface area contributed by atoms with Gasteiger partial charge >= 0.3 is 6.09 Å². The number of alkyl carbamates (subject to hydrolysis) is 1. The van der Waals surface area contributed by atoms with Gasteiger partial charge in [-0.05, 0) is 70.9 Å². The Labute approximate surface area is 218 Å². The molecule has 2 N–H and O–H groups in total. The van der Waals surface area contributed by atoms with Gasteiger partial charge in [0.1, 0.15) is 17.7 Å². The molecule has 7 nitrogen and oxygen atoms in total. The van der Waals surface area contributed by atoms with E-state index in [9.17, 15) is 14.4 Å². The molecule has 204 valence electrons. The summed E-state index contributed by atoms with van der Waals surface area (Å²) >= 11 is 0. The zero-order chi connectivity index (χ0) is 27.5. The van der Waals surface area contributed by atoms with Crippen molar-refractivity contribution in [3.05, 3.63) is 34.9 Å². The lowest BCUT2D eigenvalue weighted by Crippen LogP contribution is -2.53. The number of rotatable bonds is 13. The average molecular weight is 504 g/mol. The van der Waals surface area contributed by atoms with Crippen molar-refractivity contribution >= 4 is 17.9 Å². The Morgan fingerprint density at radius 3 is 2.19 bits per heavy atom. The highest BCUT2D eigenvalue weighted by Gasteiger charge is 2.36. The number of aryl methyl sites for hydroxylation is 2. The van der Waals surface area contributed by atoms with Crippen LogP contribution in [0.15, 0.2) is 18.2 Å². The van der Waals surface area contributed by atoms with Crippen LogP contribution in [0.4, 0.5) is 4.79 Å². The monoisotopic (exact) mass is 503 g/mol. The zero-order valence-corrected chi connectivity index (χ0v) is 24.0. The fourth-order valence-electron chi connectivity index (χ4n) is 4.11. The molecule has 1 aromatic rings. The Bertz CT molecular complexity index is 861. The van der Waals surface area contributed by atoms with Gasteiger partial charge < -0.3 is 20.3 Å². The first-order chi connectivity index (χ1) is 16.8. The fourth-order valence-corrected chi connectivity index (χ4v) is 4.11. The topological polar surface area (TPSA) is 87.7 Å². The van der Waals surface area contributed by atoms with Crippen molar-refractivity contribution in [2.75, 3.05) is 13.1 Å². The number of amides is 3. The van der Waals surface area contributed by atoms with E-state index in [0.717, 1.165) is 42.4 Å². The van der Waals surface area contributed by atoms with Crippen LogP contribution in [0.5, 0.6) is 0 Å². The molecule has 0 fully saturated rings. The molecule has 0 radical (unpaired) electrons. The molecule has 0 aliphatic heterocycles. The van der Waals surface area contributed by atoms with E-state index in [-0.39, 0.29) is 17.7 Å². The normalized spacial score (nSPS) is 13.2. The van der Waals surface area contributed by atoms with Crippen molar-refractivity contribution in [1.29, 1.82) is 0 Å². The van der Waals surface area contributed by atoms with Gasteiger partial charge in [0.15, 0.2) is 0 Å². The first-order valence-electron chi connectivity index (χ1n) is 13.5. The summed E-state index contributed by atoms with van der Waals surface area (Å²) in [6.07, 6.45) is 3.25. The van der Waals surface area contributed by atoms with E-state index in [0.29, 0.717) is 19.5 Å². The van der Waals surface area contributed by atoms with Crippen molar-refractivity contribution in [3.63, 3.8) is 0 Å². The maximum atomic E-state index is 14.1. The first kappa shape index (κ1) is 31.5. The van der Waals surface area contributed by atoms with Crippen LogP contribution in [0.25, 0.3) is 0 Å². The molecule has 1 rings (SSSR count). The van der Waals surface area contributed by atoms with Gasteiger partial charge in [0.05, 0.1) is 0 Å². The summed E-state index contributed by atoms with van der Waals surface area (Å²) in [5, 5.41) is 5.84. The maximum Gasteiger partial charge on any atom is 0.408 e. The Morgan fingerprint density at radius 1 is 1.03 bits per heavy atom. The molecular formula is C29H49N3O4. The highest BCUT2D eigenvalue weighted by atomic mass is 16.6. The molecule has 0 saturated carbocycles. The number of unbranched alkanes of at least 4 members (excludes halogenated alkanes) is 2. The number of carbonyl (C=O) groups is 3. The third-order valence-corrected chi connectivity index (χ3v) is 5.84. The second-order valence-corrected chi connectivity index (χ2v) is 11.1. The SMILES string of the molecule is CCCCNC(=O)C(c1ccc(C)cc1C)N(CCCC)C(=O)C(CC(C)C)NC(=O)OC(C)(C)C. The number of ether oxygens (including phenoxy) is 1. The summed E-state index contributed by atoms with van der Waals surface area (Å²) in [6, 6.07) is 4.38. The molecule has 1 aromatic carbocycles. The number of benzene rings is 1. The van der Waals surface area contributed by atoms with Crippen LogP contribution < -0.4 is 10.6 Å². The molecule has 0 aliphatic rings. The molecule has 36 heavy (non-hydrogen) atoms. The van der Waals surface area contributed by atoms with Crippen LogP contribution in [0.1, 0.15) is 103 Å². The molecule has 3 amide bonds. The van der Waals surface area contributed by atoms with Crippen molar-refractivity contribution in [1.82, 2.24) is 15.5 Å². The van der Waals surface area contributed by atoms with Crippen molar-refractivity contribution in [2.24, 2.45) is 5.92 Å². The summed E-state index contributed by atoms with van der Waals surface area (Å²) in [5.41, 5.74) is 2.18. The Kier molecular flexibility index (Phi) is 13.0. The highest BCUT2D eigenvalue weighted by molar-refractivity contribution is 5.92. The number of nitrogens with one attached hydrogen (secondary N) is 2. The van der Waals surface area contributed by atoms with Gasteiger partial charge in [-0.2, -0.15) is 0 Å². The van der Waals surface area contributed by atoms with Gasteiger partial charge in [-0.1, -0.05) is 64.3 Å². The lowest BCUT2D eigenvalue weighted by atomic mass is 9.95. The fraction of sp³-hybridized carbons (Fsp3) is 0.690. The van der Waals surface area contributed by atoms with Crippen molar-refractivity contribution in [3.8, 4) is 0 Å². The molecule has 2 unspecified atom stereocenters. The Morgan fingerprint density at radius 2 is 1.67 bits per heavy atom. The van der Waals surface area contributed by atoms with E-state index in [1.54, 1.807) is 25.7 Å². The van der Waals surface area contributed by atoms with Crippen LogP contribution in [-0.2, 0) is 14.3 Å². The highest BCUT2D eigenvalue weighted by Crippen LogP contribution is 2.27. The van der Waals surface area contributed by atoms with E-state index >= 15 is 0 Å². The van der Waals surface area contributed by atoms with Gasteiger partial charge in [-0.25, -0.2) is 4.79 Å². The van der Waals surface area contributed by atoms with Crippen LogP contribution in [0.3, 0.4) is 0 Å². The predicted octanol–water partition coefficient (Wildman–Crippen LogP) is 5.83. The molecule has 0 saturated heterocycles. The molecule has 0 heterocycles. The maximum absolute atomic E-state index is 14.1. The van der Waals surface area contributed by atoms with Crippen LogP contribution in [0.2, 0.25) is 0 Å². The third kappa shape index (κ3) is 10.6. The summed E-state index contributed by atoms with van der Waals surface area (Å²) < 4.78 is 5.45. The molecule has 0 aromatic heterocycles. The van der Waals surface area contributed by atoms with E-state index < -0.39 is 23.8 Å². The minimum atomic E-state index is -0.798. The number of hydrogen-bond donors (Lipinski definition) is 2. The second-order valence-electron chi connectivity index (χ2n) is 11.1. The van der Waals surface area contributed by atoms with E-state index in [1.807, 2.05) is 45.9 Å². The Hall–Kier alpha value is -2.57. The number of carbonyl (C=O) groups excluding carboxylic acids is 3. The van der Waals surface area contributed by atoms with Gasteiger partial charge in [0.25, 0.3) is 0 Å². The van der Waals surface area contributed by atoms with Gasteiger partial charge in [0, 0.05) is 13.1 Å². The standard InChI is InChI=1S/C29H49N3O4/c1-10-12-16-30-26(33)25(23-15-14-21(5)19-22(23)6)32(17-13-11-2)27(34)24(18-20(3)4)31-28(35)36-29(7,8)9/h14-15,19-20,24-25H,10-13,16-18H2,1-9H3,(H,30,33)(H,31,35). The first-order valence-corrected chi connectivity index (χ1v) is 13.5. The Balaban J connectivity index is 3.48. The van der Waals surface area contributed by atoms with Crippen LogP contribution in [0, 0.1) is 19.8 Å². The van der Waals surface area contributed by atoms with E-state index in [1.165, 1.54) is 0 Å². The lowest BCUT2D eigenvalue weighted by molar-refractivity contribution is -0.143. The summed E-state index contributed by atoms with van der Waals surface area (Å²) in [7, 11) is 0. The third-order valence-electron chi connectivity index (χ3n) is 5.84. The van der Waals surface area contributed by atoms with E-state index in [4.69, 9.17) is 4.74 Å². The summed E-state index contributed by atoms with van der Waals surface area (Å²) in [6.45, 7) is 18.5. The molecule has 0 bridgehead atoms. The largest absolute Gasteiger partial charge is 0.444 e. The quantitative estimate of drug-likeness (QED) is 0.332. The molecule has 7 heteroatoms. The molecule has 0 aliphatic carbocycles. The van der Waals surface area contributed by atoms with Crippen LogP contribution in [-0.4, -0.2) is 47.5 Å².